The molecule has 3 nitrogen and oxygen atoms in total. The van der Waals surface area contributed by atoms with E-state index in [4.69, 9.17) is 0 Å². The van der Waals surface area contributed by atoms with Crippen molar-refractivity contribution in [1.82, 2.24) is 4.90 Å². The summed E-state index contributed by atoms with van der Waals surface area (Å²) >= 11 is 1.84. The van der Waals surface area contributed by atoms with Crippen molar-refractivity contribution in [3.63, 3.8) is 0 Å². The number of anilines is 1. The lowest BCUT2D eigenvalue weighted by molar-refractivity contribution is -0.122. The van der Waals surface area contributed by atoms with Gasteiger partial charge in [0.2, 0.25) is 6.41 Å². The van der Waals surface area contributed by atoms with Crippen molar-refractivity contribution >= 4 is 23.9 Å². The number of rotatable bonds is 2. The molecule has 0 saturated carbocycles. The fraction of sp³-hybridized carbons (Fsp3) is 0.500. The number of nitrogens with zero attached hydrogens (tertiary/aromatic N) is 1. The predicted molar refractivity (Wildman–Crippen MR) is 74.7 cm³/mol. The van der Waals surface area contributed by atoms with Crippen LogP contribution in [-0.4, -0.2) is 23.7 Å². The topological polar surface area (TPSA) is 32.3 Å². The summed E-state index contributed by atoms with van der Waals surface area (Å²) < 4.78 is 0. The van der Waals surface area contributed by atoms with Gasteiger partial charge in [-0.2, -0.15) is 0 Å². The van der Waals surface area contributed by atoms with Gasteiger partial charge in [0.25, 0.3) is 0 Å². The number of amides is 1. The largest absolute Gasteiger partial charge is 0.375 e. The average Bonchev–Trinajstić information content (AvgIpc) is 2.85. The summed E-state index contributed by atoms with van der Waals surface area (Å²) in [6.45, 7) is 3.10. The zero-order chi connectivity index (χ0) is 12.5. The van der Waals surface area contributed by atoms with Crippen molar-refractivity contribution in [3.05, 3.63) is 23.8 Å². The van der Waals surface area contributed by atoms with E-state index in [1.165, 1.54) is 22.6 Å². The molecule has 0 bridgehead atoms. The van der Waals surface area contributed by atoms with E-state index in [2.05, 4.69) is 30.4 Å². The van der Waals surface area contributed by atoms with E-state index in [0.29, 0.717) is 5.92 Å². The predicted octanol–water partition coefficient (Wildman–Crippen LogP) is 3.09. The first-order chi connectivity index (χ1) is 8.78. The number of piperidine rings is 1. The first kappa shape index (κ1) is 11.9. The molecule has 1 N–H and O–H groups in total. The molecule has 1 saturated heterocycles. The maximum atomic E-state index is 11.2. The molecule has 1 aromatic carbocycles. The summed E-state index contributed by atoms with van der Waals surface area (Å²) in [5.41, 5.74) is 2.49. The van der Waals surface area contributed by atoms with Gasteiger partial charge in [-0.05, 0) is 36.5 Å². The van der Waals surface area contributed by atoms with Gasteiger partial charge in [-0.25, -0.2) is 0 Å². The number of likely N-dealkylation sites (tertiary alicyclic amines) is 1. The Morgan fingerprint density at radius 1 is 1.44 bits per heavy atom. The van der Waals surface area contributed by atoms with Gasteiger partial charge in [-0.3, -0.25) is 4.79 Å². The number of nitrogens with one attached hydrogen (secondary N) is 1. The van der Waals surface area contributed by atoms with Crippen molar-refractivity contribution < 1.29 is 4.79 Å². The minimum Gasteiger partial charge on any atom is -0.375 e. The van der Waals surface area contributed by atoms with Gasteiger partial charge >= 0.3 is 0 Å². The van der Waals surface area contributed by atoms with E-state index in [9.17, 15) is 4.79 Å². The van der Waals surface area contributed by atoms with Gasteiger partial charge < -0.3 is 10.2 Å². The zero-order valence-electron chi connectivity index (χ0n) is 10.6. The Morgan fingerprint density at radius 3 is 3.17 bits per heavy atom. The van der Waals surface area contributed by atoms with Crippen molar-refractivity contribution in [1.29, 1.82) is 0 Å². The highest BCUT2D eigenvalue weighted by Gasteiger charge is 2.27. The van der Waals surface area contributed by atoms with Gasteiger partial charge in [0, 0.05) is 17.1 Å². The molecule has 4 heteroatoms. The lowest BCUT2D eigenvalue weighted by Gasteiger charge is -2.36. The van der Waals surface area contributed by atoms with Crippen LogP contribution in [0.25, 0.3) is 0 Å². The quantitative estimate of drug-likeness (QED) is 0.831. The summed E-state index contributed by atoms with van der Waals surface area (Å²) in [5, 5.41) is 3.38. The Labute approximate surface area is 112 Å². The van der Waals surface area contributed by atoms with E-state index in [1.54, 1.807) is 0 Å². The smallest absolute Gasteiger partial charge is 0.210 e. The molecule has 2 heterocycles. The molecule has 18 heavy (non-hydrogen) atoms. The fourth-order valence-corrected chi connectivity index (χ4v) is 3.71. The minimum atomic E-state index is 0.261. The van der Waals surface area contributed by atoms with Gasteiger partial charge in [0.05, 0.1) is 11.9 Å². The first-order valence-corrected chi connectivity index (χ1v) is 7.48. The third kappa shape index (κ3) is 2.09. The van der Waals surface area contributed by atoms with Crippen molar-refractivity contribution in [3.8, 4) is 0 Å². The van der Waals surface area contributed by atoms with E-state index in [1.807, 2.05) is 16.7 Å². The van der Waals surface area contributed by atoms with Crippen LogP contribution in [0.15, 0.2) is 23.1 Å². The third-order valence-electron chi connectivity index (χ3n) is 3.87. The molecule has 0 aliphatic carbocycles. The summed E-state index contributed by atoms with van der Waals surface area (Å²) in [4.78, 5) is 14.5. The van der Waals surface area contributed by atoms with Crippen molar-refractivity contribution in [2.75, 3.05) is 17.7 Å². The minimum absolute atomic E-state index is 0.261. The van der Waals surface area contributed by atoms with Crippen LogP contribution in [0.3, 0.4) is 0 Å². The lowest BCUT2D eigenvalue weighted by Crippen LogP contribution is -2.36. The van der Waals surface area contributed by atoms with Crippen LogP contribution in [0.4, 0.5) is 5.69 Å². The van der Waals surface area contributed by atoms with Crippen LogP contribution in [0.5, 0.6) is 0 Å². The molecule has 0 spiro atoms. The van der Waals surface area contributed by atoms with Crippen molar-refractivity contribution in [2.24, 2.45) is 5.92 Å². The maximum Gasteiger partial charge on any atom is 0.210 e. The molecule has 3 rings (SSSR count). The highest BCUT2D eigenvalue weighted by molar-refractivity contribution is 7.99. The van der Waals surface area contributed by atoms with E-state index in [0.717, 1.165) is 25.3 Å². The van der Waals surface area contributed by atoms with Crippen LogP contribution in [-0.2, 0) is 4.79 Å². The third-order valence-corrected chi connectivity index (χ3v) is 4.83. The second-order valence-electron chi connectivity index (χ2n) is 5.22. The zero-order valence-corrected chi connectivity index (χ0v) is 11.4. The Balaban J connectivity index is 1.87. The van der Waals surface area contributed by atoms with Gasteiger partial charge in [0.15, 0.2) is 0 Å². The first-order valence-electron chi connectivity index (χ1n) is 6.49. The summed E-state index contributed by atoms with van der Waals surface area (Å²) in [5.74, 6) is 1.58. The lowest BCUT2D eigenvalue weighted by atomic mass is 9.90. The maximum absolute atomic E-state index is 11.2. The number of benzene rings is 1. The van der Waals surface area contributed by atoms with Crippen molar-refractivity contribution in [2.45, 2.75) is 30.7 Å². The van der Waals surface area contributed by atoms with Crippen LogP contribution in [0.1, 0.15) is 31.4 Å². The van der Waals surface area contributed by atoms with E-state index in [-0.39, 0.29) is 6.04 Å². The molecule has 96 valence electrons. The molecule has 2 atom stereocenters. The summed E-state index contributed by atoms with van der Waals surface area (Å²) in [7, 11) is 0. The average molecular weight is 262 g/mol. The van der Waals surface area contributed by atoms with Crippen LogP contribution >= 0.6 is 11.8 Å². The molecule has 1 unspecified atom stereocenters. The highest BCUT2D eigenvalue weighted by Crippen LogP contribution is 2.38. The summed E-state index contributed by atoms with van der Waals surface area (Å²) in [6.07, 6.45) is 3.29. The van der Waals surface area contributed by atoms with Gasteiger partial charge in [-0.15, -0.1) is 11.8 Å². The monoisotopic (exact) mass is 262 g/mol. The second kappa shape index (κ2) is 4.84. The number of carbonyl (C=O) groups excluding carboxylic acids is 1. The second-order valence-corrected chi connectivity index (χ2v) is 6.24. The number of fused-ring (bicyclic) bond motifs is 1. The van der Waals surface area contributed by atoms with Crippen LogP contribution in [0.2, 0.25) is 0 Å². The Kier molecular flexibility index (Phi) is 3.20. The van der Waals surface area contributed by atoms with Crippen LogP contribution < -0.4 is 5.32 Å². The number of thioether (sulfide) groups is 1. The molecule has 0 radical (unpaired) electrons. The summed E-state index contributed by atoms with van der Waals surface area (Å²) in [6, 6.07) is 6.83. The molecule has 2 aliphatic rings. The number of carbonyl (C=O) groups is 1. The van der Waals surface area contributed by atoms with E-state index < -0.39 is 0 Å². The molecular weight excluding hydrogens is 244 g/mol. The Hall–Kier alpha value is -1.16. The number of hydrogen-bond donors (Lipinski definition) is 1. The molecule has 1 amide bonds. The van der Waals surface area contributed by atoms with E-state index >= 15 is 0 Å². The van der Waals surface area contributed by atoms with Crippen LogP contribution in [0, 0.1) is 5.92 Å². The Bertz CT molecular complexity index is 463. The SMILES string of the molecule is CC1CC[C@H](c2ccc3c(c2)NCS3)N(C=O)C1. The highest BCUT2D eigenvalue weighted by atomic mass is 32.2. The number of hydrogen-bond acceptors (Lipinski definition) is 3. The molecule has 1 aromatic rings. The van der Waals surface area contributed by atoms with Gasteiger partial charge in [-0.1, -0.05) is 13.0 Å². The molecule has 2 aliphatic heterocycles. The van der Waals surface area contributed by atoms with Gasteiger partial charge in [0.1, 0.15) is 0 Å². The molecular formula is C14H18N2OS. The molecule has 0 aromatic heterocycles. The molecule has 1 fully saturated rings. The normalized spacial score (nSPS) is 26.6. The standard InChI is InChI=1S/C14H18N2OS/c1-10-2-4-13(16(7-10)9-17)11-3-5-14-12(6-11)15-8-18-14/h3,5-6,9-10,13,15H,2,4,7-8H2,1H3/t10?,13-/m1/s1. The fourth-order valence-electron chi connectivity index (χ4n) is 2.87. The Morgan fingerprint density at radius 2 is 2.33 bits per heavy atom.